The summed E-state index contributed by atoms with van der Waals surface area (Å²) in [5.74, 6) is 0.600. The first-order valence-electron chi connectivity index (χ1n) is 12.0. The van der Waals surface area contributed by atoms with E-state index in [1.807, 2.05) is 0 Å². The topological polar surface area (TPSA) is 33.7 Å². The predicted molar refractivity (Wildman–Crippen MR) is 117 cm³/mol. The molecule has 164 valence electrons. The Bertz CT molecular complexity index is 454. The maximum absolute atomic E-state index is 6.37. The maximum Gasteiger partial charge on any atom is 0.0628 e. The van der Waals surface area contributed by atoms with E-state index >= 15 is 0 Å². The van der Waals surface area contributed by atoms with E-state index < -0.39 is 0 Å². The highest BCUT2D eigenvalue weighted by molar-refractivity contribution is 4.89. The molecule has 28 heavy (non-hydrogen) atoms. The third-order valence-electron chi connectivity index (χ3n) is 7.37. The maximum atomic E-state index is 6.37. The minimum absolute atomic E-state index is 0.318. The Labute approximate surface area is 174 Å². The highest BCUT2D eigenvalue weighted by Gasteiger charge is 2.35. The average Bonchev–Trinajstić information content (AvgIpc) is 2.61. The highest BCUT2D eigenvalue weighted by Crippen LogP contribution is 2.33. The molecule has 2 saturated carbocycles. The summed E-state index contributed by atoms with van der Waals surface area (Å²) in [6, 6.07) is 1.42. The molecule has 1 aliphatic heterocycles. The Morgan fingerprint density at radius 3 is 1.89 bits per heavy atom. The normalized spacial score (nSPS) is 34.4. The van der Waals surface area contributed by atoms with Crippen molar-refractivity contribution in [2.75, 3.05) is 13.1 Å². The molecule has 1 N–H and O–H groups in total. The Morgan fingerprint density at radius 2 is 1.36 bits per heavy atom. The van der Waals surface area contributed by atoms with E-state index in [0.717, 1.165) is 12.8 Å². The van der Waals surface area contributed by atoms with Gasteiger partial charge in [0.25, 0.3) is 0 Å². The SMILES string of the molecule is CC(C)C(C)OC1CC(OC2CCC(NC3CCN(C(C)(C)C)CC3)CC2)C1. The van der Waals surface area contributed by atoms with Gasteiger partial charge in [-0.15, -0.1) is 0 Å². The van der Waals surface area contributed by atoms with Crippen LogP contribution in [-0.4, -0.2) is 60.0 Å². The van der Waals surface area contributed by atoms with Crippen molar-refractivity contribution in [3.8, 4) is 0 Å². The van der Waals surface area contributed by atoms with Gasteiger partial charge >= 0.3 is 0 Å². The van der Waals surface area contributed by atoms with Crippen LogP contribution in [0, 0.1) is 5.92 Å². The van der Waals surface area contributed by atoms with Gasteiger partial charge in [0.15, 0.2) is 0 Å². The van der Waals surface area contributed by atoms with Gasteiger partial charge in [0.1, 0.15) is 0 Å². The fourth-order valence-electron chi connectivity index (χ4n) is 4.89. The van der Waals surface area contributed by atoms with Gasteiger partial charge < -0.3 is 14.8 Å². The zero-order valence-corrected chi connectivity index (χ0v) is 19.4. The lowest BCUT2D eigenvalue weighted by atomic mass is 9.88. The molecule has 3 aliphatic rings. The molecule has 1 heterocycles. The van der Waals surface area contributed by atoms with Gasteiger partial charge in [0, 0.05) is 30.7 Å². The van der Waals surface area contributed by atoms with Gasteiger partial charge in [0.2, 0.25) is 0 Å². The van der Waals surface area contributed by atoms with Crippen molar-refractivity contribution in [2.45, 2.75) is 135 Å². The van der Waals surface area contributed by atoms with E-state index in [1.54, 1.807) is 0 Å². The minimum Gasteiger partial charge on any atom is -0.375 e. The molecule has 0 radical (unpaired) electrons. The Morgan fingerprint density at radius 1 is 0.786 bits per heavy atom. The third-order valence-corrected chi connectivity index (χ3v) is 7.37. The quantitative estimate of drug-likeness (QED) is 0.675. The number of rotatable bonds is 7. The molecule has 0 bridgehead atoms. The average molecular weight is 395 g/mol. The van der Waals surface area contributed by atoms with Crippen LogP contribution < -0.4 is 5.32 Å². The number of hydrogen-bond acceptors (Lipinski definition) is 4. The standard InChI is InChI=1S/C24H46N2O2/c1-17(2)18(3)27-22-15-23(16-22)28-21-9-7-19(8-10-21)25-20-11-13-26(14-12-20)24(4,5)6/h17-23,25H,7-16H2,1-6H3. The van der Waals surface area contributed by atoms with Crippen molar-refractivity contribution in [1.29, 1.82) is 0 Å². The van der Waals surface area contributed by atoms with Crippen LogP contribution in [0.25, 0.3) is 0 Å². The zero-order valence-electron chi connectivity index (χ0n) is 19.4. The van der Waals surface area contributed by atoms with Crippen LogP contribution >= 0.6 is 0 Å². The first-order chi connectivity index (χ1) is 13.2. The van der Waals surface area contributed by atoms with Crippen molar-refractivity contribution in [3.05, 3.63) is 0 Å². The summed E-state index contributed by atoms with van der Waals surface area (Å²) in [6.07, 6.45) is 11.5. The lowest BCUT2D eigenvalue weighted by Crippen LogP contribution is -2.52. The summed E-state index contributed by atoms with van der Waals surface area (Å²) in [5.41, 5.74) is 0.318. The molecule has 0 aromatic heterocycles. The number of hydrogen-bond donors (Lipinski definition) is 1. The summed E-state index contributed by atoms with van der Waals surface area (Å²) >= 11 is 0. The van der Waals surface area contributed by atoms with Crippen LogP contribution in [0.3, 0.4) is 0 Å². The molecule has 3 rings (SSSR count). The van der Waals surface area contributed by atoms with E-state index in [9.17, 15) is 0 Å². The minimum atomic E-state index is 0.318. The van der Waals surface area contributed by atoms with Crippen LogP contribution in [0.2, 0.25) is 0 Å². The van der Waals surface area contributed by atoms with E-state index in [4.69, 9.17) is 9.47 Å². The van der Waals surface area contributed by atoms with Crippen molar-refractivity contribution >= 4 is 0 Å². The molecule has 0 aromatic rings. The van der Waals surface area contributed by atoms with Crippen molar-refractivity contribution in [3.63, 3.8) is 0 Å². The summed E-state index contributed by atoms with van der Waals surface area (Å²) < 4.78 is 12.5. The molecule has 0 spiro atoms. The monoisotopic (exact) mass is 394 g/mol. The van der Waals surface area contributed by atoms with Crippen LogP contribution in [0.5, 0.6) is 0 Å². The lowest BCUT2D eigenvalue weighted by molar-refractivity contribution is -0.152. The van der Waals surface area contributed by atoms with Crippen LogP contribution in [0.4, 0.5) is 0 Å². The number of piperidine rings is 1. The van der Waals surface area contributed by atoms with Gasteiger partial charge in [0.05, 0.1) is 24.4 Å². The van der Waals surface area contributed by atoms with Crippen molar-refractivity contribution in [2.24, 2.45) is 5.92 Å². The third kappa shape index (κ3) is 6.42. The number of nitrogens with one attached hydrogen (secondary N) is 1. The van der Waals surface area contributed by atoms with E-state index in [1.165, 1.54) is 51.6 Å². The highest BCUT2D eigenvalue weighted by atomic mass is 16.5. The molecule has 2 aliphatic carbocycles. The second-order valence-corrected chi connectivity index (χ2v) is 11.0. The fraction of sp³-hybridized carbons (Fsp3) is 1.00. The molecular formula is C24H46N2O2. The van der Waals surface area contributed by atoms with Crippen LogP contribution in [0.15, 0.2) is 0 Å². The first-order valence-corrected chi connectivity index (χ1v) is 12.0. The zero-order chi connectivity index (χ0) is 20.3. The summed E-state index contributed by atoms with van der Waals surface area (Å²) in [5, 5.41) is 3.97. The van der Waals surface area contributed by atoms with Gasteiger partial charge in [-0.25, -0.2) is 0 Å². The number of ether oxygens (including phenoxy) is 2. The Hall–Kier alpha value is -0.160. The summed E-state index contributed by atoms with van der Waals surface area (Å²) in [6.45, 7) is 16.1. The largest absolute Gasteiger partial charge is 0.375 e. The van der Waals surface area contributed by atoms with Gasteiger partial charge in [-0.1, -0.05) is 13.8 Å². The molecule has 0 aromatic carbocycles. The molecule has 4 heteroatoms. The van der Waals surface area contributed by atoms with Gasteiger partial charge in [-0.2, -0.15) is 0 Å². The van der Waals surface area contributed by atoms with Crippen LogP contribution in [0.1, 0.15) is 92.9 Å². The molecular weight excluding hydrogens is 348 g/mol. The van der Waals surface area contributed by atoms with Gasteiger partial charge in [-0.3, -0.25) is 4.90 Å². The second kappa shape index (κ2) is 9.76. The Kier molecular flexibility index (Phi) is 7.86. The number of likely N-dealkylation sites (tertiary alicyclic amines) is 1. The molecule has 0 amide bonds. The second-order valence-electron chi connectivity index (χ2n) is 11.0. The first kappa shape index (κ1) is 22.5. The lowest BCUT2D eigenvalue weighted by Gasteiger charge is -2.43. The van der Waals surface area contributed by atoms with Gasteiger partial charge in [-0.05, 0) is 85.0 Å². The Balaban J connectivity index is 1.27. The van der Waals surface area contributed by atoms with E-state index in [2.05, 4.69) is 51.8 Å². The number of nitrogens with zero attached hydrogens (tertiary/aromatic N) is 1. The van der Waals surface area contributed by atoms with Crippen LogP contribution in [-0.2, 0) is 9.47 Å². The molecule has 1 unspecified atom stereocenters. The fourth-order valence-corrected chi connectivity index (χ4v) is 4.89. The van der Waals surface area contributed by atoms with Crippen molar-refractivity contribution < 1.29 is 9.47 Å². The molecule has 1 saturated heterocycles. The predicted octanol–water partition coefficient (Wildman–Crippen LogP) is 4.76. The molecule has 1 atom stereocenters. The van der Waals surface area contributed by atoms with E-state index in [-0.39, 0.29) is 0 Å². The summed E-state index contributed by atoms with van der Waals surface area (Å²) in [4.78, 5) is 2.63. The molecule has 4 nitrogen and oxygen atoms in total. The smallest absolute Gasteiger partial charge is 0.0628 e. The summed E-state index contributed by atoms with van der Waals surface area (Å²) in [7, 11) is 0. The van der Waals surface area contributed by atoms with Crippen molar-refractivity contribution in [1.82, 2.24) is 10.2 Å². The van der Waals surface area contributed by atoms with E-state index in [0.29, 0.717) is 48.0 Å². The molecule has 3 fully saturated rings.